The minimum Gasteiger partial charge on any atom is -0.387 e. The van der Waals surface area contributed by atoms with Crippen molar-refractivity contribution >= 4 is 5.91 Å². The fourth-order valence-corrected chi connectivity index (χ4v) is 5.07. The molecule has 35 heavy (non-hydrogen) atoms. The molecule has 1 amide bonds. The van der Waals surface area contributed by atoms with E-state index in [0.29, 0.717) is 17.7 Å². The van der Waals surface area contributed by atoms with Crippen LogP contribution in [-0.4, -0.2) is 40.6 Å². The lowest BCUT2D eigenvalue weighted by molar-refractivity contribution is -0.124. The van der Waals surface area contributed by atoms with E-state index in [0.717, 1.165) is 50.2 Å². The van der Waals surface area contributed by atoms with Crippen LogP contribution in [-0.2, 0) is 28.3 Å². The molecule has 1 spiro atoms. The van der Waals surface area contributed by atoms with Crippen LogP contribution in [0.3, 0.4) is 0 Å². The number of carbonyl (C=O) groups is 1. The summed E-state index contributed by atoms with van der Waals surface area (Å²) < 4.78 is 33.5. The monoisotopic (exact) mass is 479 g/mol. The number of ether oxygens (including phenoxy) is 1. The van der Waals surface area contributed by atoms with Gasteiger partial charge in [0.05, 0.1) is 18.2 Å². The molecule has 6 nitrogen and oxygen atoms in total. The topological polar surface area (TPSA) is 74.7 Å². The van der Waals surface area contributed by atoms with E-state index < -0.39 is 30.2 Å². The van der Waals surface area contributed by atoms with E-state index in [1.165, 1.54) is 17.2 Å². The van der Waals surface area contributed by atoms with Gasteiger partial charge in [0, 0.05) is 37.6 Å². The number of benzene rings is 2. The van der Waals surface area contributed by atoms with Gasteiger partial charge >= 0.3 is 0 Å². The first-order valence-corrected chi connectivity index (χ1v) is 11.7. The van der Waals surface area contributed by atoms with Crippen molar-refractivity contribution < 1.29 is 23.4 Å². The van der Waals surface area contributed by atoms with Gasteiger partial charge in [-0.25, -0.2) is 8.78 Å². The number of piperidine rings is 1. The number of aromatic nitrogens is 1. The van der Waals surface area contributed by atoms with E-state index in [9.17, 15) is 13.6 Å². The molecule has 2 N–H and O–H groups in total. The normalized spacial score (nSPS) is 17.8. The van der Waals surface area contributed by atoms with Crippen LogP contribution in [0.5, 0.6) is 0 Å². The number of nitrogens with zero attached hydrogens (tertiary/aromatic N) is 2. The molecule has 3 aromatic rings. The summed E-state index contributed by atoms with van der Waals surface area (Å²) in [6.07, 6.45) is 5.58. The molecule has 2 aromatic carbocycles. The fraction of sp³-hybridized carbons (Fsp3) is 0.333. The van der Waals surface area contributed by atoms with E-state index in [1.54, 1.807) is 0 Å². The predicted molar refractivity (Wildman–Crippen MR) is 125 cm³/mol. The van der Waals surface area contributed by atoms with Crippen LogP contribution in [0.2, 0.25) is 0 Å². The number of pyridine rings is 1. The standard InChI is InChI=1S/C27H27F2N3O3/c28-23-6-5-20(13-24(23)29)26(31-25(34)16-33)19-3-1-18(2-4-19)15-32-11-8-27(9-12-32)22-14-30-10-7-21(22)17-35-27/h1-7,10,13-14,26,33H,8-9,11-12,15-17H2,(H,31,34). The number of amides is 1. The zero-order valence-electron chi connectivity index (χ0n) is 19.2. The van der Waals surface area contributed by atoms with Crippen molar-refractivity contribution in [2.45, 2.75) is 37.6 Å². The highest BCUT2D eigenvalue weighted by atomic mass is 19.2. The molecular formula is C27H27F2N3O3. The number of likely N-dealkylation sites (tertiary alicyclic amines) is 1. The van der Waals surface area contributed by atoms with Gasteiger partial charge in [-0.2, -0.15) is 0 Å². The Kier molecular flexibility index (Phi) is 6.60. The van der Waals surface area contributed by atoms with Crippen LogP contribution >= 0.6 is 0 Å². The van der Waals surface area contributed by atoms with Crippen molar-refractivity contribution in [2.75, 3.05) is 19.7 Å². The van der Waals surface area contributed by atoms with Gasteiger partial charge in [-0.1, -0.05) is 30.3 Å². The van der Waals surface area contributed by atoms with Crippen LogP contribution in [0.1, 0.15) is 46.7 Å². The Morgan fingerprint density at radius 1 is 1.09 bits per heavy atom. The van der Waals surface area contributed by atoms with Gasteiger partial charge in [-0.05, 0) is 53.3 Å². The quantitative estimate of drug-likeness (QED) is 0.566. The van der Waals surface area contributed by atoms with Crippen molar-refractivity contribution in [1.29, 1.82) is 0 Å². The Hall–Kier alpha value is -3.20. The van der Waals surface area contributed by atoms with Gasteiger partial charge < -0.3 is 15.2 Å². The summed E-state index contributed by atoms with van der Waals surface area (Å²) in [5.74, 6) is -2.55. The Bertz CT molecular complexity index is 1210. The number of nitrogens with one attached hydrogen (secondary N) is 1. The van der Waals surface area contributed by atoms with Crippen molar-refractivity contribution in [3.05, 3.63) is 100 Å². The molecule has 2 aliphatic heterocycles. The first-order chi connectivity index (χ1) is 17.0. The Balaban J connectivity index is 1.26. The summed E-state index contributed by atoms with van der Waals surface area (Å²) >= 11 is 0. The van der Waals surface area contributed by atoms with Crippen LogP contribution in [0.4, 0.5) is 8.78 Å². The minimum absolute atomic E-state index is 0.230. The number of hydrogen-bond donors (Lipinski definition) is 2. The van der Waals surface area contributed by atoms with E-state index in [4.69, 9.17) is 9.84 Å². The molecule has 1 saturated heterocycles. The fourth-order valence-electron chi connectivity index (χ4n) is 5.07. The molecule has 1 aromatic heterocycles. The average Bonchev–Trinajstić information content (AvgIpc) is 3.24. The molecule has 8 heteroatoms. The number of fused-ring (bicyclic) bond motifs is 2. The van der Waals surface area contributed by atoms with Crippen LogP contribution < -0.4 is 5.32 Å². The number of aliphatic hydroxyl groups is 1. The highest BCUT2D eigenvalue weighted by molar-refractivity contribution is 5.78. The summed E-state index contributed by atoms with van der Waals surface area (Å²) in [5, 5.41) is 11.8. The largest absolute Gasteiger partial charge is 0.387 e. The van der Waals surface area contributed by atoms with Gasteiger partial charge in [0.25, 0.3) is 0 Å². The van der Waals surface area contributed by atoms with E-state index in [2.05, 4.69) is 15.2 Å². The molecule has 3 heterocycles. The average molecular weight is 480 g/mol. The van der Waals surface area contributed by atoms with Crippen LogP contribution in [0, 0.1) is 11.6 Å². The number of hydrogen-bond acceptors (Lipinski definition) is 5. The molecule has 0 aliphatic carbocycles. The van der Waals surface area contributed by atoms with E-state index in [-0.39, 0.29) is 5.60 Å². The SMILES string of the molecule is O=C(CO)NC(c1ccc(CN2CCC3(CC2)OCc2ccncc23)cc1)c1ccc(F)c(F)c1. The lowest BCUT2D eigenvalue weighted by atomic mass is 9.84. The molecule has 182 valence electrons. The second-order valence-electron chi connectivity index (χ2n) is 9.17. The summed E-state index contributed by atoms with van der Waals surface area (Å²) in [6.45, 7) is 2.53. The second-order valence-corrected chi connectivity index (χ2v) is 9.17. The third-order valence-corrected chi connectivity index (χ3v) is 7.02. The summed E-state index contributed by atoms with van der Waals surface area (Å²) in [5.41, 5.74) is 4.43. The number of halogens is 2. The first-order valence-electron chi connectivity index (χ1n) is 11.7. The van der Waals surface area contributed by atoms with Gasteiger partial charge in [0.15, 0.2) is 11.6 Å². The molecule has 0 bridgehead atoms. The molecular weight excluding hydrogens is 452 g/mol. The molecule has 5 rings (SSSR count). The lowest BCUT2D eigenvalue weighted by Gasteiger charge is -2.39. The zero-order chi connectivity index (χ0) is 24.4. The molecule has 1 atom stereocenters. The zero-order valence-corrected chi connectivity index (χ0v) is 19.2. The predicted octanol–water partition coefficient (Wildman–Crippen LogP) is 3.58. The maximum atomic E-state index is 13.8. The lowest BCUT2D eigenvalue weighted by Crippen LogP contribution is -2.42. The summed E-state index contributed by atoms with van der Waals surface area (Å²) in [7, 11) is 0. The second kappa shape index (κ2) is 9.81. The van der Waals surface area contributed by atoms with Crippen molar-refractivity contribution in [3.8, 4) is 0 Å². The van der Waals surface area contributed by atoms with Crippen LogP contribution in [0.25, 0.3) is 0 Å². The molecule has 0 radical (unpaired) electrons. The Labute approximate surface area is 202 Å². The van der Waals surface area contributed by atoms with Gasteiger partial charge in [0.1, 0.15) is 6.61 Å². The van der Waals surface area contributed by atoms with Gasteiger partial charge in [-0.3, -0.25) is 14.7 Å². The summed E-state index contributed by atoms with van der Waals surface area (Å²) in [6, 6.07) is 12.5. The third kappa shape index (κ3) is 4.82. The van der Waals surface area contributed by atoms with Crippen molar-refractivity contribution in [3.63, 3.8) is 0 Å². The van der Waals surface area contributed by atoms with Crippen LogP contribution in [0.15, 0.2) is 60.9 Å². The maximum absolute atomic E-state index is 13.8. The number of rotatable bonds is 6. The molecule has 2 aliphatic rings. The van der Waals surface area contributed by atoms with Crippen molar-refractivity contribution in [1.82, 2.24) is 15.2 Å². The number of carbonyl (C=O) groups excluding carboxylic acids is 1. The smallest absolute Gasteiger partial charge is 0.246 e. The highest BCUT2D eigenvalue weighted by Crippen LogP contribution is 2.43. The van der Waals surface area contributed by atoms with E-state index >= 15 is 0 Å². The Morgan fingerprint density at radius 3 is 2.54 bits per heavy atom. The number of aliphatic hydroxyl groups excluding tert-OH is 1. The highest BCUT2D eigenvalue weighted by Gasteiger charge is 2.42. The van der Waals surface area contributed by atoms with Crippen molar-refractivity contribution in [2.24, 2.45) is 0 Å². The molecule has 1 fully saturated rings. The third-order valence-electron chi connectivity index (χ3n) is 7.02. The van der Waals surface area contributed by atoms with Gasteiger partial charge in [0.2, 0.25) is 5.91 Å². The summed E-state index contributed by atoms with van der Waals surface area (Å²) in [4.78, 5) is 18.6. The van der Waals surface area contributed by atoms with Gasteiger partial charge in [-0.15, -0.1) is 0 Å². The molecule has 1 unspecified atom stereocenters. The first kappa shape index (κ1) is 23.5. The Morgan fingerprint density at radius 2 is 1.83 bits per heavy atom. The minimum atomic E-state index is -0.991. The maximum Gasteiger partial charge on any atom is 0.246 e. The molecule has 0 saturated carbocycles. The van der Waals surface area contributed by atoms with E-state index in [1.807, 2.05) is 42.7 Å².